The summed E-state index contributed by atoms with van der Waals surface area (Å²) in [6, 6.07) is 5.51. The fraction of sp³-hybridized carbons (Fsp3) is 0.214. The second kappa shape index (κ2) is 6.69. The van der Waals surface area contributed by atoms with Crippen LogP contribution < -0.4 is 15.6 Å². The number of hydrogen-bond acceptors (Lipinski definition) is 6. The molecule has 1 aromatic carbocycles. The zero-order valence-corrected chi connectivity index (χ0v) is 12.5. The van der Waals surface area contributed by atoms with Crippen LogP contribution >= 0.6 is 0 Å². The Morgan fingerprint density at radius 2 is 2.00 bits per heavy atom. The molecule has 9 nitrogen and oxygen atoms in total. The van der Waals surface area contributed by atoms with Crippen LogP contribution in [0.3, 0.4) is 0 Å². The molecule has 0 radical (unpaired) electrons. The molecule has 23 heavy (non-hydrogen) atoms. The number of nitrogens with zero attached hydrogens (tertiary/aromatic N) is 2. The van der Waals surface area contributed by atoms with Gasteiger partial charge < -0.3 is 15.0 Å². The summed E-state index contributed by atoms with van der Waals surface area (Å²) in [5, 5.41) is 13.4. The lowest BCUT2D eigenvalue weighted by Gasteiger charge is -2.08. The van der Waals surface area contributed by atoms with Gasteiger partial charge in [0.05, 0.1) is 11.3 Å². The van der Waals surface area contributed by atoms with E-state index in [4.69, 9.17) is 4.74 Å². The average Bonchev–Trinajstić information content (AvgIpc) is 2.43. The second-order valence-electron chi connectivity index (χ2n) is 4.86. The fourth-order valence-electron chi connectivity index (χ4n) is 2.02. The molecule has 0 bridgehead atoms. The summed E-state index contributed by atoms with van der Waals surface area (Å²) in [5.41, 5.74) is 0.757. The van der Waals surface area contributed by atoms with E-state index in [2.05, 4.69) is 15.3 Å². The molecule has 0 aliphatic carbocycles. The van der Waals surface area contributed by atoms with Gasteiger partial charge in [-0.1, -0.05) is 6.07 Å². The van der Waals surface area contributed by atoms with Gasteiger partial charge in [0.25, 0.3) is 5.91 Å². The summed E-state index contributed by atoms with van der Waals surface area (Å²) >= 11 is 0. The molecular formula is C14H14N4O5. The topological polar surface area (TPSA) is 127 Å². The van der Waals surface area contributed by atoms with Crippen LogP contribution in [0.1, 0.15) is 11.1 Å². The molecular weight excluding hydrogens is 304 g/mol. The summed E-state index contributed by atoms with van der Waals surface area (Å²) in [5.74, 6) is -1.03. The van der Waals surface area contributed by atoms with E-state index in [1.807, 2.05) is 19.9 Å². The average molecular weight is 318 g/mol. The number of aromatic nitrogens is 2. The van der Waals surface area contributed by atoms with E-state index in [0.717, 1.165) is 17.5 Å². The van der Waals surface area contributed by atoms with Crippen molar-refractivity contribution in [3.8, 4) is 5.88 Å². The van der Waals surface area contributed by atoms with Gasteiger partial charge >= 0.3 is 17.1 Å². The second-order valence-corrected chi connectivity index (χ2v) is 4.86. The van der Waals surface area contributed by atoms with Crippen LogP contribution in [0.5, 0.6) is 5.88 Å². The highest BCUT2D eigenvalue weighted by atomic mass is 16.6. The highest BCUT2D eigenvalue weighted by Gasteiger charge is 2.22. The molecule has 1 amide bonds. The number of nitro groups is 1. The van der Waals surface area contributed by atoms with E-state index in [9.17, 15) is 19.7 Å². The summed E-state index contributed by atoms with van der Waals surface area (Å²) in [6.07, 6.45) is 0.965. The molecule has 0 aliphatic rings. The summed E-state index contributed by atoms with van der Waals surface area (Å²) < 4.78 is 4.99. The Balaban J connectivity index is 2.07. The highest BCUT2D eigenvalue weighted by Crippen LogP contribution is 2.18. The molecule has 0 fully saturated rings. The molecule has 2 aromatic rings. The smallest absolute Gasteiger partial charge is 0.395 e. The number of H-pyrrole nitrogens is 1. The lowest BCUT2D eigenvalue weighted by atomic mass is 10.1. The van der Waals surface area contributed by atoms with Crippen molar-refractivity contribution in [3.05, 3.63) is 56.1 Å². The molecule has 1 aromatic heterocycles. The van der Waals surface area contributed by atoms with E-state index in [1.165, 1.54) is 0 Å². The first kappa shape index (κ1) is 16.1. The first-order valence-electron chi connectivity index (χ1n) is 6.60. The number of aryl methyl sites for hydroxylation is 2. The van der Waals surface area contributed by atoms with Crippen molar-refractivity contribution in [2.45, 2.75) is 13.8 Å². The summed E-state index contributed by atoms with van der Waals surface area (Å²) in [7, 11) is 0. The molecule has 120 valence electrons. The van der Waals surface area contributed by atoms with Gasteiger partial charge in [0.1, 0.15) is 0 Å². The number of ether oxygens (including phenoxy) is 1. The molecule has 0 saturated carbocycles. The van der Waals surface area contributed by atoms with Crippen molar-refractivity contribution in [2.24, 2.45) is 0 Å². The Bertz CT molecular complexity index is 795. The molecule has 0 aliphatic heterocycles. The third-order valence-electron chi connectivity index (χ3n) is 2.82. The molecule has 0 atom stereocenters. The number of carbonyl (C=O) groups is 1. The third kappa shape index (κ3) is 4.13. The zero-order chi connectivity index (χ0) is 17.0. The van der Waals surface area contributed by atoms with Gasteiger partial charge in [-0.2, -0.15) is 4.98 Å². The van der Waals surface area contributed by atoms with Crippen molar-refractivity contribution in [2.75, 3.05) is 11.9 Å². The fourth-order valence-corrected chi connectivity index (χ4v) is 2.02. The normalized spacial score (nSPS) is 10.2. The maximum absolute atomic E-state index is 11.9. The lowest BCUT2D eigenvalue weighted by molar-refractivity contribution is -0.387. The van der Waals surface area contributed by atoms with E-state index in [1.54, 1.807) is 12.1 Å². The molecule has 1 heterocycles. The Kier molecular flexibility index (Phi) is 4.69. The number of anilines is 1. The largest absolute Gasteiger partial charge is 0.462 e. The van der Waals surface area contributed by atoms with Crippen LogP contribution in [0, 0.1) is 24.0 Å². The quantitative estimate of drug-likeness (QED) is 0.632. The minimum Gasteiger partial charge on any atom is -0.462 e. The monoisotopic (exact) mass is 318 g/mol. The Labute approximate surface area is 130 Å². The Morgan fingerprint density at radius 1 is 1.35 bits per heavy atom. The Morgan fingerprint density at radius 3 is 2.61 bits per heavy atom. The predicted octanol–water partition coefficient (Wildman–Crippen LogP) is 1.31. The summed E-state index contributed by atoms with van der Waals surface area (Å²) in [6.45, 7) is 3.27. The molecule has 2 rings (SSSR count). The summed E-state index contributed by atoms with van der Waals surface area (Å²) in [4.78, 5) is 38.8. The maximum Gasteiger partial charge on any atom is 0.395 e. The van der Waals surface area contributed by atoms with Gasteiger partial charge in [-0.25, -0.2) is 0 Å². The molecule has 0 spiro atoms. The van der Waals surface area contributed by atoms with Crippen LogP contribution in [-0.4, -0.2) is 27.4 Å². The molecule has 2 N–H and O–H groups in total. The molecule has 0 unspecified atom stereocenters. The van der Waals surface area contributed by atoms with Crippen LogP contribution in [-0.2, 0) is 4.79 Å². The number of amides is 1. The van der Waals surface area contributed by atoms with Crippen molar-refractivity contribution in [1.29, 1.82) is 0 Å². The van der Waals surface area contributed by atoms with Crippen molar-refractivity contribution in [3.63, 3.8) is 0 Å². The van der Waals surface area contributed by atoms with Crippen molar-refractivity contribution >= 4 is 17.3 Å². The van der Waals surface area contributed by atoms with E-state index in [0.29, 0.717) is 5.69 Å². The maximum atomic E-state index is 11.9. The number of benzene rings is 1. The SMILES string of the molecule is Cc1cc(C)cc(NC(=O)COc2nc[nH]c(=O)c2[N+](=O)[O-])c1. The van der Waals surface area contributed by atoms with Crippen LogP contribution in [0.25, 0.3) is 0 Å². The predicted molar refractivity (Wildman–Crippen MR) is 81.6 cm³/mol. The third-order valence-corrected chi connectivity index (χ3v) is 2.82. The van der Waals surface area contributed by atoms with Crippen LogP contribution in [0.15, 0.2) is 29.3 Å². The van der Waals surface area contributed by atoms with Crippen molar-refractivity contribution < 1.29 is 14.5 Å². The molecule has 9 heteroatoms. The van der Waals surface area contributed by atoms with E-state index in [-0.39, 0.29) is 0 Å². The number of nitrogens with one attached hydrogen (secondary N) is 2. The van der Waals surface area contributed by atoms with Crippen LogP contribution in [0.2, 0.25) is 0 Å². The van der Waals surface area contributed by atoms with Gasteiger partial charge in [-0.05, 0) is 37.1 Å². The van der Waals surface area contributed by atoms with Gasteiger partial charge in [-0.3, -0.25) is 19.7 Å². The highest BCUT2D eigenvalue weighted by molar-refractivity contribution is 5.92. The number of aromatic amines is 1. The van der Waals surface area contributed by atoms with Crippen LogP contribution in [0.4, 0.5) is 11.4 Å². The van der Waals surface area contributed by atoms with E-state index < -0.39 is 34.6 Å². The minimum absolute atomic E-state index is 0.505. The Hall–Kier alpha value is -3.23. The van der Waals surface area contributed by atoms with Gasteiger partial charge in [0, 0.05) is 5.69 Å². The van der Waals surface area contributed by atoms with E-state index >= 15 is 0 Å². The first-order valence-corrected chi connectivity index (χ1v) is 6.60. The molecule has 0 saturated heterocycles. The first-order chi connectivity index (χ1) is 10.9. The zero-order valence-electron chi connectivity index (χ0n) is 12.5. The number of hydrogen-bond donors (Lipinski definition) is 2. The lowest BCUT2D eigenvalue weighted by Crippen LogP contribution is -2.22. The number of carbonyl (C=O) groups excluding carboxylic acids is 1. The van der Waals surface area contributed by atoms with Gasteiger partial charge in [0.2, 0.25) is 0 Å². The van der Waals surface area contributed by atoms with Gasteiger partial charge in [-0.15, -0.1) is 0 Å². The number of rotatable bonds is 5. The minimum atomic E-state index is -0.949. The van der Waals surface area contributed by atoms with Crippen molar-refractivity contribution in [1.82, 2.24) is 9.97 Å². The standard InChI is InChI=1S/C14H14N4O5/c1-8-3-9(2)5-10(4-8)17-11(19)6-23-14-12(18(21)22)13(20)15-7-16-14/h3-5,7H,6H2,1-2H3,(H,17,19)(H,15,16,20). The van der Waals surface area contributed by atoms with Gasteiger partial charge in [0.15, 0.2) is 6.61 Å².